The molecule has 1 aliphatic heterocycles. The third-order valence-corrected chi connectivity index (χ3v) is 2.38. The van der Waals surface area contributed by atoms with Gasteiger partial charge < -0.3 is 10.1 Å². The van der Waals surface area contributed by atoms with E-state index in [2.05, 4.69) is 12.2 Å². The standard InChI is InChI=1S/C8H15NO.2C2H6/c1-2-7-3-4-9-5-8(7)6-10;2*1-2/h6-9H,2-5H2,1H3;2*1-2H3. The Hall–Kier alpha value is -0.370. The van der Waals surface area contributed by atoms with Crippen molar-refractivity contribution in [3.05, 3.63) is 0 Å². The Morgan fingerprint density at radius 3 is 2.21 bits per heavy atom. The van der Waals surface area contributed by atoms with Gasteiger partial charge in [0.05, 0.1) is 0 Å². The van der Waals surface area contributed by atoms with Gasteiger partial charge in [-0.3, -0.25) is 0 Å². The number of hydrogen-bond acceptors (Lipinski definition) is 2. The van der Waals surface area contributed by atoms with E-state index in [9.17, 15) is 4.79 Å². The third-order valence-electron chi connectivity index (χ3n) is 2.38. The molecule has 14 heavy (non-hydrogen) atoms. The Balaban J connectivity index is 0. The molecule has 0 aromatic rings. The highest BCUT2D eigenvalue weighted by atomic mass is 16.1. The molecule has 1 aliphatic rings. The SMILES string of the molecule is CC.CC.CCC1CCNCC1C=O. The number of carbonyl (C=O) groups excluding carboxylic acids is 1. The van der Waals surface area contributed by atoms with Crippen LogP contribution in [-0.2, 0) is 4.79 Å². The van der Waals surface area contributed by atoms with Crippen LogP contribution in [0.3, 0.4) is 0 Å². The lowest BCUT2D eigenvalue weighted by atomic mass is 9.86. The molecule has 2 atom stereocenters. The van der Waals surface area contributed by atoms with Crippen molar-refractivity contribution in [2.24, 2.45) is 11.8 Å². The van der Waals surface area contributed by atoms with E-state index in [1.807, 2.05) is 27.7 Å². The van der Waals surface area contributed by atoms with Gasteiger partial charge in [-0.25, -0.2) is 0 Å². The van der Waals surface area contributed by atoms with E-state index in [0.717, 1.165) is 25.8 Å². The molecule has 0 aromatic carbocycles. The van der Waals surface area contributed by atoms with Crippen LogP contribution >= 0.6 is 0 Å². The fourth-order valence-corrected chi connectivity index (χ4v) is 1.60. The molecule has 0 spiro atoms. The number of carbonyl (C=O) groups is 1. The summed E-state index contributed by atoms with van der Waals surface area (Å²) in [6, 6.07) is 0. The van der Waals surface area contributed by atoms with E-state index < -0.39 is 0 Å². The summed E-state index contributed by atoms with van der Waals surface area (Å²) in [6.07, 6.45) is 3.41. The van der Waals surface area contributed by atoms with Crippen molar-refractivity contribution in [3.8, 4) is 0 Å². The van der Waals surface area contributed by atoms with Gasteiger partial charge in [-0.1, -0.05) is 41.0 Å². The molecule has 2 unspecified atom stereocenters. The zero-order valence-corrected chi connectivity index (χ0v) is 10.5. The van der Waals surface area contributed by atoms with Crippen molar-refractivity contribution in [3.63, 3.8) is 0 Å². The smallest absolute Gasteiger partial charge is 0.124 e. The number of hydrogen-bond donors (Lipinski definition) is 1. The molecule has 0 aliphatic carbocycles. The lowest BCUT2D eigenvalue weighted by Gasteiger charge is -2.27. The summed E-state index contributed by atoms with van der Waals surface area (Å²) < 4.78 is 0. The van der Waals surface area contributed by atoms with Crippen molar-refractivity contribution in [2.75, 3.05) is 13.1 Å². The maximum atomic E-state index is 10.5. The second-order valence-corrected chi connectivity index (χ2v) is 2.96. The summed E-state index contributed by atoms with van der Waals surface area (Å²) in [7, 11) is 0. The molecular formula is C12H27NO. The van der Waals surface area contributed by atoms with Gasteiger partial charge in [0.25, 0.3) is 0 Å². The van der Waals surface area contributed by atoms with Crippen LogP contribution in [0.4, 0.5) is 0 Å². The molecule has 1 rings (SSSR count). The summed E-state index contributed by atoms with van der Waals surface area (Å²) in [6.45, 7) is 12.1. The number of piperidine rings is 1. The molecule has 2 heteroatoms. The highest BCUT2D eigenvalue weighted by Crippen LogP contribution is 2.19. The van der Waals surface area contributed by atoms with Crippen LogP contribution in [0.15, 0.2) is 0 Å². The molecule has 0 radical (unpaired) electrons. The minimum atomic E-state index is 0.277. The van der Waals surface area contributed by atoms with E-state index >= 15 is 0 Å². The summed E-state index contributed by atoms with van der Waals surface area (Å²) in [5.74, 6) is 0.914. The molecule has 0 aromatic heterocycles. The normalized spacial score (nSPS) is 24.9. The Bertz CT molecular complexity index is 115. The fourth-order valence-electron chi connectivity index (χ4n) is 1.60. The highest BCUT2D eigenvalue weighted by molar-refractivity contribution is 5.54. The van der Waals surface area contributed by atoms with Gasteiger partial charge in [-0.2, -0.15) is 0 Å². The van der Waals surface area contributed by atoms with Crippen LogP contribution in [0.5, 0.6) is 0 Å². The number of nitrogens with one attached hydrogen (secondary N) is 1. The monoisotopic (exact) mass is 201 g/mol. The van der Waals surface area contributed by atoms with E-state index in [1.165, 1.54) is 6.42 Å². The quantitative estimate of drug-likeness (QED) is 0.696. The van der Waals surface area contributed by atoms with E-state index in [-0.39, 0.29) is 5.92 Å². The first-order valence-corrected chi connectivity index (χ1v) is 6.04. The second-order valence-electron chi connectivity index (χ2n) is 2.96. The maximum Gasteiger partial charge on any atom is 0.124 e. The van der Waals surface area contributed by atoms with Gasteiger partial charge in [0.1, 0.15) is 6.29 Å². The largest absolute Gasteiger partial charge is 0.316 e. The predicted octanol–water partition coefficient (Wildman–Crippen LogP) is 2.87. The first kappa shape index (κ1) is 16.1. The van der Waals surface area contributed by atoms with Gasteiger partial charge in [0, 0.05) is 12.5 Å². The summed E-state index contributed by atoms with van der Waals surface area (Å²) in [5, 5.41) is 3.22. The van der Waals surface area contributed by atoms with Crippen LogP contribution in [0, 0.1) is 11.8 Å². The average molecular weight is 201 g/mol. The van der Waals surface area contributed by atoms with Gasteiger partial charge in [0.15, 0.2) is 0 Å². The molecule has 0 amide bonds. The average Bonchev–Trinajstić information content (AvgIpc) is 2.34. The second kappa shape index (κ2) is 12.6. The number of rotatable bonds is 2. The summed E-state index contributed by atoms with van der Waals surface area (Å²) >= 11 is 0. The molecule has 86 valence electrons. The predicted molar refractivity (Wildman–Crippen MR) is 63.5 cm³/mol. The zero-order chi connectivity index (χ0) is 11.4. The fraction of sp³-hybridized carbons (Fsp3) is 0.917. The molecule has 1 fully saturated rings. The Kier molecular flexibility index (Phi) is 14.5. The lowest BCUT2D eigenvalue weighted by Crippen LogP contribution is -2.37. The van der Waals surface area contributed by atoms with Crippen LogP contribution < -0.4 is 5.32 Å². The minimum Gasteiger partial charge on any atom is -0.316 e. The summed E-state index contributed by atoms with van der Waals surface area (Å²) in [4.78, 5) is 10.5. The van der Waals surface area contributed by atoms with Crippen molar-refractivity contribution in [1.82, 2.24) is 5.32 Å². The minimum absolute atomic E-state index is 0.277. The number of aldehydes is 1. The van der Waals surface area contributed by atoms with Gasteiger partial charge in [0.2, 0.25) is 0 Å². The van der Waals surface area contributed by atoms with Crippen LogP contribution in [-0.4, -0.2) is 19.4 Å². The molecule has 2 nitrogen and oxygen atoms in total. The third kappa shape index (κ3) is 6.14. The molecular weight excluding hydrogens is 174 g/mol. The molecule has 0 saturated carbocycles. The van der Waals surface area contributed by atoms with Crippen molar-refractivity contribution >= 4 is 6.29 Å². The molecule has 1 saturated heterocycles. The van der Waals surface area contributed by atoms with Gasteiger partial charge in [-0.05, 0) is 18.9 Å². The zero-order valence-electron chi connectivity index (χ0n) is 10.5. The van der Waals surface area contributed by atoms with Crippen molar-refractivity contribution in [1.29, 1.82) is 0 Å². The lowest BCUT2D eigenvalue weighted by molar-refractivity contribution is -0.113. The Morgan fingerprint density at radius 1 is 1.29 bits per heavy atom. The molecule has 0 bridgehead atoms. The first-order valence-electron chi connectivity index (χ1n) is 6.04. The Morgan fingerprint density at radius 2 is 1.86 bits per heavy atom. The first-order chi connectivity index (χ1) is 6.88. The van der Waals surface area contributed by atoms with E-state index in [4.69, 9.17) is 0 Å². The highest BCUT2D eigenvalue weighted by Gasteiger charge is 2.21. The van der Waals surface area contributed by atoms with Gasteiger partial charge >= 0.3 is 0 Å². The van der Waals surface area contributed by atoms with Gasteiger partial charge in [-0.15, -0.1) is 0 Å². The molecule has 1 N–H and O–H groups in total. The topological polar surface area (TPSA) is 29.1 Å². The van der Waals surface area contributed by atoms with Crippen molar-refractivity contribution in [2.45, 2.75) is 47.5 Å². The van der Waals surface area contributed by atoms with Crippen molar-refractivity contribution < 1.29 is 4.79 Å². The van der Waals surface area contributed by atoms with Crippen LogP contribution in [0.1, 0.15) is 47.5 Å². The Labute approximate surface area is 89.5 Å². The maximum absolute atomic E-state index is 10.5. The van der Waals surface area contributed by atoms with E-state index in [0.29, 0.717) is 5.92 Å². The molecule has 1 heterocycles. The summed E-state index contributed by atoms with van der Waals surface area (Å²) in [5.41, 5.74) is 0. The van der Waals surface area contributed by atoms with Crippen LogP contribution in [0.25, 0.3) is 0 Å². The van der Waals surface area contributed by atoms with Crippen LogP contribution in [0.2, 0.25) is 0 Å². The van der Waals surface area contributed by atoms with E-state index in [1.54, 1.807) is 0 Å².